The van der Waals surface area contributed by atoms with E-state index in [4.69, 9.17) is 5.14 Å². The van der Waals surface area contributed by atoms with E-state index in [-0.39, 0.29) is 10.7 Å². The van der Waals surface area contributed by atoms with Crippen molar-refractivity contribution in [2.75, 3.05) is 5.32 Å². The van der Waals surface area contributed by atoms with Crippen LogP contribution in [0.1, 0.15) is 22.3 Å². The smallest absolute Gasteiger partial charge is 0.238 e. The van der Waals surface area contributed by atoms with Gasteiger partial charge in [0.05, 0.1) is 4.90 Å². The second-order valence-electron chi connectivity index (χ2n) is 5.37. The van der Waals surface area contributed by atoms with Crippen LogP contribution in [0.15, 0.2) is 65.2 Å². The van der Waals surface area contributed by atoms with Crippen LogP contribution in [-0.2, 0) is 16.4 Å². The number of hydrogen-bond acceptors (Lipinski definition) is 4. The summed E-state index contributed by atoms with van der Waals surface area (Å²) in [5, 5.41) is 8.09. The number of rotatable bonds is 3. The topological polar surface area (TPSA) is 89.3 Å². The minimum Gasteiger partial charge on any atom is -0.361 e. The van der Waals surface area contributed by atoms with Crippen LogP contribution < -0.4 is 10.5 Å². The fraction of sp³-hybridized carbons (Fsp3) is 0.118. The molecule has 5 nitrogen and oxygen atoms in total. The molecule has 0 heterocycles. The summed E-state index contributed by atoms with van der Waals surface area (Å²) in [6, 6.07) is 13.7. The Bertz CT molecular complexity index is 884. The summed E-state index contributed by atoms with van der Waals surface area (Å²) in [7, 11) is -3.69. The van der Waals surface area contributed by atoms with Crippen LogP contribution >= 0.6 is 0 Å². The zero-order valence-electron chi connectivity index (χ0n) is 12.3. The average Bonchev–Trinajstić information content (AvgIpc) is 2.54. The molecule has 0 aromatic heterocycles. The summed E-state index contributed by atoms with van der Waals surface area (Å²) in [5.41, 5.74) is 3.22. The van der Waals surface area contributed by atoms with Crippen molar-refractivity contribution >= 4 is 21.5 Å². The molecule has 1 aliphatic rings. The van der Waals surface area contributed by atoms with Crippen molar-refractivity contribution in [3.63, 3.8) is 0 Å². The van der Waals surface area contributed by atoms with Gasteiger partial charge in [0.2, 0.25) is 10.0 Å². The predicted molar refractivity (Wildman–Crippen MR) is 88.6 cm³/mol. The zero-order valence-corrected chi connectivity index (χ0v) is 13.1. The van der Waals surface area contributed by atoms with Crippen molar-refractivity contribution in [2.24, 2.45) is 5.14 Å². The minimum absolute atomic E-state index is 0.0282. The minimum atomic E-state index is -3.69. The van der Waals surface area contributed by atoms with Crippen molar-refractivity contribution in [3.05, 3.63) is 71.4 Å². The number of anilines is 1. The van der Waals surface area contributed by atoms with E-state index in [1.807, 2.05) is 24.3 Å². The number of ketones is 1. The molecule has 0 unspecified atom stereocenters. The maximum atomic E-state index is 12.4. The molecular weight excluding hydrogens is 312 g/mol. The first-order valence-corrected chi connectivity index (χ1v) is 8.71. The first-order chi connectivity index (χ1) is 10.9. The van der Waals surface area contributed by atoms with Gasteiger partial charge in [-0.2, -0.15) is 0 Å². The van der Waals surface area contributed by atoms with Gasteiger partial charge >= 0.3 is 0 Å². The van der Waals surface area contributed by atoms with Crippen molar-refractivity contribution < 1.29 is 13.2 Å². The zero-order chi connectivity index (χ0) is 16.4. The molecule has 0 radical (unpaired) electrons. The maximum absolute atomic E-state index is 12.4. The van der Waals surface area contributed by atoms with Crippen molar-refractivity contribution in [1.82, 2.24) is 0 Å². The van der Waals surface area contributed by atoms with E-state index in [2.05, 4.69) is 5.32 Å². The van der Waals surface area contributed by atoms with Gasteiger partial charge in [0.15, 0.2) is 5.78 Å². The van der Waals surface area contributed by atoms with Gasteiger partial charge in [-0.3, -0.25) is 4.79 Å². The van der Waals surface area contributed by atoms with E-state index < -0.39 is 10.0 Å². The highest BCUT2D eigenvalue weighted by molar-refractivity contribution is 7.89. The van der Waals surface area contributed by atoms with E-state index in [1.165, 1.54) is 12.1 Å². The molecule has 0 bridgehead atoms. The Balaban J connectivity index is 1.78. The quantitative estimate of drug-likeness (QED) is 0.847. The Morgan fingerprint density at radius 3 is 2.39 bits per heavy atom. The lowest BCUT2D eigenvalue weighted by atomic mass is 9.87. The standard InChI is InChI=1S/C17H16N2O3S/c18-23(21,22)15-9-7-14(8-10-15)19-11-13-6-5-12-3-1-2-4-16(12)17(13)20/h1-4,7-11,19H,5-6H2,(H2,18,21,22)/b13-11+. The first-order valence-electron chi connectivity index (χ1n) is 7.16. The number of fused-ring (bicyclic) bond motifs is 1. The molecule has 0 saturated heterocycles. The fourth-order valence-corrected chi connectivity index (χ4v) is 3.08. The molecule has 0 spiro atoms. The molecule has 2 aromatic carbocycles. The number of carbonyl (C=O) groups is 1. The van der Waals surface area contributed by atoms with Crippen molar-refractivity contribution in [2.45, 2.75) is 17.7 Å². The monoisotopic (exact) mass is 328 g/mol. The molecule has 23 heavy (non-hydrogen) atoms. The van der Waals surface area contributed by atoms with E-state index >= 15 is 0 Å². The van der Waals surface area contributed by atoms with Crippen LogP contribution in [0, 0.1) is 0 Å². The predicted octanol–water partition coefficient (Wildman–Crippen LogP) is 2.46. The molecule has 0 atom stereocenters. The lowest BCUT2D eigenvalue weighted by Gasteiger charge is -2.17. The number of Topliss-reactive ketones (excluding diaryl/α,β-unsaturated/α-hetero) is 1. The summed E-state index contributed by atoms with van der Waals surface area (Å²) in [5.74, 6) is 0.0282. The van der Waals surface area contributed by atoms with E-state index in [9.17, 15) is 13.2 Å². The first kappa shape index (κ1) is 15.5. The third-order valence-electron chi connectivity index (χ3n) is 3.81. The van der Waals surface area contributed by atoms with Crippen LogP contribution in [-0.4, -0.2) is 14.2 Å². The number of benzene rings is 2. The van der Waals surface area contributed by atoms with Gasteiger partial charge in [-0.15, -0.1) is 0 Å². The van der Waals surface area contributed by atoms with Gasteiger partial charge in [0.25, 0.3) is 0 Å². The van der Waals surface area contributed by atoms with Crippen LogP contribution in [0.2, 0.25) is 0 Å². The largest absolute Gasteiger partial charge is 0.361 e. The normalized spacial score (nSPS) is 16.2. The highest BCUT2D eigenvalue weighted by atomic mass is 32.2. The highest BCUT2D eigenvalue weighted by Gasteiger charge is 2.21. The Morgan fingerprint density at radius 1 is 1.00 bits per heavy atom. The number of nitrogens with one attached hydrogen (secondary N) is 1. The molecule has 2 aromatic rings. The lowest BCUT2D eigenvalue weighted by molar-refractivity contribution is 0.102. The van der Waals surface area contributed by atoms with E-state index in [0.29, 0.717) is 17.7 Å². The molecule has 118 valence electrons. The number of sulfonamides is 1. The number of aryl methyl sites for hydroxylation is 1. The Morgan fingerprint density at radius 2 is 1.70 bits per heavy atom. The summed E-state index contributed by atoms with van der Waals surface area (Å²) < 4.78 is 22.4. The molecule has 1 aliphatic carbocycles. The van der Waals surface area contributed by atoms with E-state index in [0.717, 1.165) is 17.5 Å². The summed E-state index contributed by atoms with van der Waals surface area (Å²) in [6.45, 7) is 0. The lowest BCUT2D eigenvalue weighted by Crippen LogP contribution is -2.15. The number of primary sulfonamides is 1. The second-order valence-corrected chi connectivity index (χ2v) is 6.93. The van der Waals surface area contributed by atoms with Crippen LogP contribution in [0.25, 0.3) is 0 Å². The number of hydrogen-bond donors (Lipinski definition) is 2. The molecule has 6 heteroatoms. The van der Waals surface area contributed by atoms with Gasteiger partial charge in [-0.05, 0) is 42.7 Å². The Hall–Kier alpha value is -2.44. The van der Waals surface area contributed by atoms with Gasteiger partial charge in [0, 0.05) is 23.0 Å². The third-order valence-corrected chi connectivity index (χ3v) is 4.74. The Labute approximate surface area is 134 Å². The molecule has 0 saturated carbocycles. The van der Waals surface area contributed by atoms with Crippen molar-refractivity contribution in [1.29, 1.82) is 0 Å². The van der Waals surface area contributed by atoms with Gasteiger partial charge in [-0.1, -0.05) is 24.3 Å². The Kier molecular flexibility index (Phi) is 4.02. The van der Waals surface area contributed by atoms with Crippen LogP contribution in [0.4, 0.5) is 5.69 Å². The SMILES string of the molecule is NS(=O)(=O)c1ccc(N/C=C2\CCc3ccccc3C2=O)cc1. The van der Waals surface area contributed by atoms with Crippen LogP contribution in [0.5, 0.6) is 0 Å². The average molecular weight is 328 g/mol. The van der Waals surface area contributed by atoms with Gasteiger partial charge < -0.3 is 5.32 Å². The third kappa shape index (κ3) is 3.33. The number of carbonyl (C=O) groups excluding carboxylic acids is 1. The van der Waals surface area contributed by atoms with Gasteiger partial charge in [0.1, 0.15) is 0 Å². The number of nitrogens with two attached hydrogens (primary N) is 1. The summed E-state index contributed by atoms with van der Waals surface area (Å²) in [6.07, 6.45) is 3.20. The molecule has 0 amide bonds. The molecule has 0 aliphatic heterocycles. The molecule has 3 rings (SSSR count). The molecule has 3 N–H and O–H groups in total. The summed E-state index contributed by atoms with van der Waals surface area (Å²) in [4.78, 5) is 12.5. The second kappa shape index (κ2) is 5.98. The summed E-state index contributed by atoms with van der Waals surface area (Å²) >= 11 is 0. The maximum Gasteiger partial charge on any atom is 0.238 e. The van der Waals surface area contributed by atoms with Crippen molar-refractivity contribution in [3.8, 4) is 0 Å². The van der Waals surface area contributed by atoms with E-state index in [1.54, 1.807) is 18.3 Å². The fourth-order valence-electron chi connectivity index (χ4n) is 2.56. The highest BCUT2D eigenvalue weighted by Crippen LogP contribution is 2.25. The number of allylic oxidation sites excluding steroid dienone is 1. The molecule has 0 fully saturated rings. The van der Waals surface area contributed by atoms with Gasteiger partial charge in [-0.25, -0.2) is 13.6 Å². The van der Waals surface area contributed by atoms with Crippen LogP contribution in [0.3, 0.4) is 0 Å². The molecular formula is C17H16N2O3S.